The summed E-state index contributed by atoms with van der Waals surface area (Å²) in [6, 6.07) is 5.35. The second-order valence-electron chi connectivity index (χ2n) is 7.20. The molecule has 4 heterocycles. The van der Waals surface area contributed by atoms with Gasteiger partial charge in [-0.1, -0.05) is 17.7 Å². The molecule has 31 heavy (non-hydrogen) atoms. The van der Waals surface area contributed by atoms with Gasteiger partial charge in [-0.15, -0.1) is 0 Å². The van der Waals surface area contributed by atoms with Crippen LogP contribution in [0.1, 0.15) is 5.56 Å². The summed E-state index contributed by atoms with van der Waals surface area (Å²) in [6.07, 6.45) is -0.940. The molecule has 2 fully saturated rings. The summed E-state index contributed by atoms with van der Waals surface area (Å²) in [6.45, 7) is 0.403. The first-order valence-corrected chi connectivity index (χ1v) is 9.96. The number of imidazole rings is 1. The molecule has 2 aliphatic heterocycles. The summed E-state index contributed by atoms with van der Waals surface area (Å²) >= 11 is 6.22. The van der Waals surface area contributed by atoms with E-state index >= 15 is 0 Å². The third-order valence-electron chi connectivity index (χ3n) is 5.32. The van der Waals surface area contributed by atoms with Gasteiger partial charge in [-0.05, 0) is 18.2 Å². The van der Waals surface area contributed by atoms with Crippen LogP contribution in [-0.4, -0.2) is 59.7 Å². The number of pyridine rings is 1. The topological polar surface area (TPSA) is 87.7 Å². The van der Waals surface area contributed by atoms with E-state index in [1.165, 1.54) is 6.07 Å². The quantitative estimate of drug-likeness (QED) is 0.613. The Morgan fingerprint density at radius 3 is 2.58 bits per heavy atom. The minimum absolute atomic E-state index is 0.00111. The van der Waals surface area contributed by atoms with E-state index in [9.17, 15) is 8.78 Å². The minimum atomic E-state index is -0.713. The van der Waals surface area contributed by atoms with E-state index in [2.05, 4.69) is 15.0 Å². The molecule has 8 nitrogen and oxygen atoms in total. The Kier molecular flexibility index (Phi) is 5.39. The molecule has 11 heteroatoms. The van der Waals surface area contributed by atoms with Crippen molar-refractivity contribution in [3.05, 3.63) is 46.5 Å². The van der Waals surface area contributed by atoms with Gasteiger partial charge in [0.25, 0.3) is 6.01 Å². The Balaban J connectivity index is 1.32. The fraction of sp³-hybridized carbons (Fsp3) is 0.400. The molecule has 0 spiro atoms. The fourth-order valence-electron chi connectivity index (χ4n) is 3.72. The van der Waals surface area contributed by atoms with Gasteiger partial charge in [0.05, 0.1) is 24.3 Å². The highest BCUT2D eigenvalue weighted by molar-refractivity contribution is 6.32. The first-order valence-electron chi connectivity index (χ1n) is 9.58. The maximum atomic E-state index is 13.8. The van der Waals surface area contributed by atoms with E-state index in [-0.39, 0.29) is 59.1 Å². The van der Waals surface area contributed by atoms with Gasteiger partial charge in [0.1, 0.15) is 41.6 Å². The Morgan fingerprint density at radius 2 is 1.84 bits per heavy atom. The van der Waals surface area contributed by atoms with Crippen LogP contribution in [0, 0.1) is 11.6 Å². The number of hydrogen-bond acceptors (Lipinski definition) is 7. The smallest absolute Gasteiger partial charge is 0.296 e. The highest BCUT2D eigenvalue weighted by atomic mass is 35.5. The molecule has 2 aliphatic rings. The van der Waals surface area contributed by atoms with Crippen LogP contribution in [0.2, 0.25) is 5.02 Å². The predicted octanol–water partition coefficient (Wildman–Crippen LogP) is 3.03. The van der Waals surface area contributed by atoms with Gasteiger partial charge in [0.2, 0.25) is 5.88 Å². The van der Waals surface area contributed by atoms with Crippen molar-refractivity contribution in [2.45, 2.75) is 31.0 Å². The van der Waals surface area contributed by atoms with Gasteiger partial charge < -0.3 is 28.7 Å². The number of methoxy groups -OCH3 is 1. The van der Waals surface area contributed by atoms with Gasteiger partial charge in [-0.2, -0.15) is 9.97 Å². The summed E-state index contributed by atoms with van der Waals surface area (Å²) < 4.78 is 55.8. The summed E-state index contributed by atoms with van der Waals surface area (Å²) in [5.74, 6) is -1.43. The lowest BCUT2D eigenvalue weighted by Crippen LogP contribution is -2.35. The summed E-state index contributed by atoms with van der Waals surface area (Å²) in [5.41, 5.74) is 0.580. The zero-order chi connectivity index (χ0) is 21.5. The Bertz CT molecular complexity index is 1090. The van der Waals surface area contributed by atoms with Crippen molar-refractivity contribution in [1.29, 1.82) is 0 Å². The predicted molar refractivity (Wildman–Crippen MR) is 104 cm³/mol. The molecule has 0 bridgehead atoms. The Morgan fingerprint density at radius 1 is 1.13 bits per heavy atom. The zero-order valence-electron chi connectivity index (χ0n) is 16.3. The summed E-state index contributed by atoms with van der Waals surface area (Å²) in [4.78, 5) is 11.5. The molecule has 0 amide bonds. The van der Waals surface area contributed by atoms with Crippen LogP contribution in [0.25, 0.3) is 11.2 Å². The zero-order valence-corrected chi connectivity index (χ0v) is 17.1. The van der Waals surface area contributed by atoms with Crippen molar-refractivity contribution < 1.29 is 32.5 Å². The van der Waals surface area contributed by atoms with Crippen molar-refractivity contribution in [2.24, 2.45) is 0 Å². The van der Waals surface area contributed by atoms with Crippen LogP contribution in [0.4, 0.5) is 8.78 Å². The first-order chi connectivity index (χ1) is 15.0. The number of halogens is 3. The molecule has 2 saturated heterocycles. The third-order valence-corrected chi connectivity index (χ3v) is 5.59. The summed E-state index contributed by atoms with van der Waals surface area (Å²) in [5, 5.41) is 0.158. The van der Waals surface area contributed by atoms with Crippen molar-refractivity contribution >= 4 is 22.8 Å². The molecule has 0 aliphatic carbocycles. The normalized spacial score (nSPS) is 25.2. The largest absolute Gasteiger partial charge is 0.471 e. The number of nitrogens with one attached hydrogen (secondary N) is 1. The van der Waals surface area contributed by atoms with Crippen LogP contribution in [0.15, 0.2) is 24.3 Å². The second kappa shape index (κ2) is 8.19. The fourth-order valence-corrected chi connectivity index (χ4v) is 3.93. The molecule has 4 atom stereocenters. The molecule has 0 unspecified atom stereocenters. The Labute approximate surface area is 180 Å². The lowest BCUT2D eigenvalue weighted by atomic mass is 10.1. The molecule has 5 rings (SSSR count). The van der Waals surface area contributed by atoms with E-state index < -0.39 is 11.6 Å². The van der Waals surface area contributed by atoms with E-state index in [0.717, 1.165) is 12.1 Å². The van der Waals surface area contributed by atoms with Crippen molar-refractivity contribution in [1.82, 2.24) is 15.0 Å². The lowest BCUT2D eigenvalue weighted by molar-refractivity contribution is -0.0145. The van der Waals surface area contributed by atoms with E-state index in [1.54, 1.807) is 13.2 Å². The number of aromatic nitrogens is 3. The van der Waals surface area contributed by atoms with Gasteiger partial charge in [-0.3, -0.25) is 0 Å². The molecule has 1 aromatic carbocycles. The molecule has 0 radical (unpaired) electrons. The average Bonchev–Trinajstić information content (AvgIpc) is 3.43. The number of aromatic amines is 1. The van der Waals surface area contributed by atoms with Crippen molar-refractivity contribution in [3.8, 4) is 11.9 Å². The molecule has 164 valence electrons. The molecule has 2 aromatic heterocycles. The lowest BCUT2D eigenvalue weighted by Gasteiger charge is -2.15. The molecule has 1 N–H and O–H groups in total. The van der Waals surface area contributed by atoms with Crippen LogP contribution in [0.3, 0.4) is 0 Å². The molecule has 3 aromatic rings. The number of hydrogen-bond donors (Lipinski definition) is 1. The first kappa shape index (κ1) is 20.4. The van der Waals surface area contributed by atoms with Crippen LogP contribution < -0.4 is 9.47 Å². The average molecular weight is 454 g/mol. The van der Waals surface area contributed by atoms with Crippen LogP contribution in [0.5, 0.6) is 11.9 Å². The number of fused-ring (bicyclic) bond motifs is 2. The van der Waals surface area contributed by atoms with Crippen molar-refractivity contribution in [3.63, 3.8) is 0 Å². The highest BCUT2D eigenvalue weighted by Crippen LogP contribution is 2.32. The third kappa shape index (κ3) is 3.80. The van der Waals surface area contributed by atoms with Gasteiger partial charge >= 0.3 is 0 Å². The van der Waals surface area contributed by atoms with E-state index in [0.29, 0.717) is 18.7 Å². The number of benzene rings is 1. The van der Waals surface area contributed by atoms with Gasteiger partial charge in [0.15, 0.2) is 11.8 Å². The number of nitrogens with zero attached hydrogens (tertiary/aromatic N) is 2. The number of H-pyrrole nitrogens is 1. The van der Waals surface area contributed by atoms with Gasteiger partial charge in [0, 0.05) is 7.11 Å². The monoisotopic (exact) mass is 453 g/mol. The standard InChI is InChI=1S/C20H18ClF2N3O5/c1-27-14-7-28-17-15(8-29-16(14)17)31-20-24-13-5-10(21)19(25-18(13)26-20)30-6-9-11(22)3-2-4-12(9)23/h2-5,14-17H,6-8H2,1H3,(H,24,25,26)/t14-,15-,16-,17-/m1/s1. The maximum Gasteiger partial charge on any atom is 0.296 e. The van der Waals surface area contributed by atoms with Crippen molar-refractivity contribution in [2.75, 3.05) is 20.3 Å². The maximum absolute atomic E-state index is 13.8. The van der Waals surface area contributed by atoms with Gasteiger partial charge in [-0.25, -0.2) is 8.78 Å². The van der Waals surface area contributed by atoms with E-state index in [1.807, 2.05) is 0 Å². The summed E-state index contributed by atoms with van der Waals surface area (Å²) in [7, 11) is 1.61. The highest BCUT2D eigenvalue weighted by Gasteiger charge is 2.49. The Hall–Kier alpha value is -2.53. The SMILES string of the molecule is CO[C@@H]1CO[C@H]2[C@@H]1OC[C@H]2Oc1nc2nc(OCc3c(F)cccc3F)c(Cl)cc2[nH]1. The van der Waals surface area contributed by atoms with Crippen LogP contribution >= 0.6 is 11.6 Å². The number of ether oxygens (including phenoxy) is 5. The van der Waals surface area contributed by atoms with E-state index in [4.69, 9.17) is 35.3 Å². The second-order valence-corrected chi connectivity index (χ2v) is 7.61. The minimum Gasteiger partial charge on any atom is -0.471 e. The molecule has 0 saturated carbocycles. The molecular formula is C20H18ClF2N3O5. The van der Waals surface area contributed by atoms with Crippen LogP contribution in [-0.2, 0) is 20.8 Å². The molecular weight excluding hydrogens is 436 g/mol. The number of rotatable bonds is 6.